The molecule has 1 saturated carbocycles. The van der Waals surface area contributed by atoms with E-state index in [1.165, 1.54) is 38.3 Å². The first-order chi connectivity index (χ1) is 8.81. The predicted molar refractivity (Wildman–Crippen MR) is 70.2 cm³/mol. The summed E-state index contributed by atoms with van der Waals surface area (Å²) in [5.41, 5.74) is 0. The van der Waals surface area contributed by atoms with E-state index in [4.69, 9.17) is 9.94 Å². The van der Waals surface area contributed by atoms with Gasteiger partial charge in [0.15, 0.2) is 0 Å². The van der Waals surface area contributed by atoms with Crippen molar-refractivity contribution < 1.29 is 9.94 Å². The summed E-state index contributed by atoms with van der Waals surface area (Å²) < 4.78 is 5.79. The van der Waals surface area contributed by atoms with Gasteiger partial charge in [0.25, 0.3) is 0 Å². The normalized spacial score (nSPS) is 25.5. The van der Waals surface area contributed by atoms with Crippen LogP contribution in [-0.2, 0) is 4.74 Å². The van der Waals surface area contributed by atoms with E-state index in [2.05, 4.69) is 5.16 Å². The fraction of sp³-hybridized carbons (Fsp3) is 0.769. The molecule has 0 saturated heterocycles. The lowest BCUT2D eigenvalue weighted by atomic mass is 9.90. The van der Waals surface area contributed by atoms with Gasteiger partial charge in [-0.3, -0.25) is 0 Å². The summed E-state index contributed by atoms with van der Waals surface area (Å²) in [5, 5.41) is 11.8. The Morgan fingerprint density at radius 3 is 2.83 bits per heavy atom. The van der Waals surface area contributed by atoms with E-state index in [9.17, 15) is 0 Å². The van der Waals surface area contributed by atoms with Crippen molar-refractivity contribution in [2.75, 3.05) is 20.4 Å². The van der Waals surface area contributed by atoms with Crippen LogP contribution in [0.1, 0.15) is 32.1 Å². The van der Waals surface area contributed by atoms with E-state index < -0.39 is 0 Å². The third-order valence-electron chi connectivity index (χ3n) is 3.77. The molecule has 1 atom stereocenters. The lowest BCUT2D eigenvalue weighted by Gasteiger charge is -2.28. The SMILES string of the molecule is CN1C=CN(COCC2CCCCC2)C1/C=N\O. The van der Waals surface area contributed by atoms with Gasteiger partial charge in [0, 0.05) is 19.4 Å². The van der Waals surface area contributed by atoms with E-state index in [0.29, 0.717) is 6.73 Å². The lowest BCUT2D eigenvalue weighted by molar-refractivity contribution is 0.0103. The molecule has 1 fully saturated rings. The van der Waals surface area contributed by atoms with Crippen molar-refractivity contribution in [3.05, 3.63) is 12.4 Å². The summed E-state index contributed by atoms with van der Waals surface area (Å²) in [7, 11) is 1.95. The highest BCUT2D eigenvalue weighted by Crippen LogP contribution is 2.24. The molecule has 0 aromatic carbocycles. The van der Waals surface area contributed by atoms with Crippen LogP contribution in [0.15, 0.2) is 17.6 Å². The van der Waals surface area contributed by atoms with Gasteiger partial charge in [-0.05, 0) is 18.8 Å². The summed E-state index contributed by atoms with van der Waals surface area (Å²) in [5.74, 6) is 0.730. The Bertz CT molecular complexity index is 301. The van der Waals surface area contributed by atoms with Crippen LogP contribution in [0.25, 0.3) is 0 Å². The Labute approximate surface area is 109 Å². The first-order valence-corrected chi connectivity index (χ1v) is 6.72. The minimum Gasteiger partial charge on any atom is -0.411 e. The molecule has 0 radical (unpaired) electrons. The number of rotatable bonds is 5. The Kier molecular flexibility index (Phi) is 4.87. The van der Waals surface area contributed by atoms with E-state index in [0.717, 1.165) is 12.5 Å². The Balaban J connectivity index is 1.70. The minimum atomic E-state index is -0.0404. The molecule has 0 aromatic heterocycles. The molecule has 2 rings (SSSR count). The summed E-state index contributed by atoms with van der Waals surface area (Å²) >= 11 is 0. The average Bonchev–Trinajstić information content (AvgIpc) is 2.73. The molecular formula is C13H23N3O2. The van der Waals surface area contributed by atoms with Gasteiger partial charge in [-0.1, -0.05) is 24.4 Å². The third-order valence-corrected chi connectivity index (χ3v) is 3.77. The second-order valence-electron chi connectivity index (χ2n) is 5.16. The predicted octanol–water partition coefficient (Wildman–Crippen LogP) is 2.05. The highest BCUT2D eigenvalue weighted by Gasteiger charge is 2.22. The number of ether oxygens (including phenoxy) is 1. The molecule has 0 amide bonds. The van der Waals surface area contributed by atoms with Crippen LogP contribution in [0.4, 0.5) is 0 Å². The van der Waals surface area contributed by atoms with Crippen molar-refractivity contribution in [3.63, 3.8) is 0 Å². The summed E-state index contributed by atoms with van der Waals surface area (Å²) in [6, 6.07) is 0. The van der Waals surface area contributed by atoms with Gasteiger partial charge in [-0.15, -0.1) is 0 Å². The lowest BCUT2D eigenvalue weighted by Crippen LogP contribution is -2.39. The van der Waals surface area contributed by atoms with Crippen LogP contribution in [-0.4, -0.2) is 47.8 Å². The molecule has 1 unspecified atom stereocenters. The molecule has 102 valence electrons. The Morgan fingerprint density at radius 1 is 1.33 bits per heavy atom. The molecule has 18 heavy (non-hydrogen) atoms. The topological polar surface area (TPSA) is 48.3 Å². The molecule has 2 aliphatic rings. The van der Waals surface area contributed by atoms with Crippen molar-refractivity contribution in [2.45, 2.75) is 38.3 Å². The van der Waals surface area contributed by atoms with Gasteiger partial charge >= 0.3 is 0 Å². The number of nitrogens with zero attached hydrogens (tertiary/aromatic N) is 3. The highest BCUT2D eigenvalue weighted by atomic mass is 16.5. The molecule has 1 aliphatic carbocycles. The second kappa shape index (κ2) is 6.64. The van der Waals surface area contributed by atoms with Crippen molar-refractivity contribution in [1.82, 2.24) is 9.80 Å². The summed E-state index contributed by atoms with van der Waals surface area (Å²) in [6.07, 6.45) is 12.1. The Hall–Kier alpha value is -1.23. The maximum atomic E-state index is 8.64. The molecule has 1 aliphatic heterocycles. The van der Waals surface area contributed by atoms with Crippen LogP contribution in [0.2, 0.25) is 0 Å². The van der Waals surface area contributed by atoms with Gasteiger partial charge in [-0.2, -0.15) is 0 Å². The standard InChI is InChI=1S/C13H23N3O2/c1-15-7-8-16(13(15)9-14-17)11-18-10-12-5-3-2-4-6-12/h7-9,12-13,17H,2-6,10-11H2,1H3/b14-9-. The molecule has 5 heteroatoms. The van der Waals surface area contributed by atoms with E-state index in [-0.39, 0.29) is 6.17 Å². The number of hydrogen-bond donors (Lipinski definition) is 1. The van der Waals surface area contributed by atoms with Crippen molar-refractivity contribution >= 4 is 6.21 Å². The monoisotopic (exact) mass is 253 g/mol. The molecule has 1 N–H and O–H groups in total. The quantitative estimate of drug-likeness (QED) is 0.463. The fourth-order valence-electron chi connectivity index (χ4n) is 2.65. The number of oxime groups is 1. The maximum absolute atomic E-state index is 8.64. The molecule has 1 heterocycles. The fourth-order valence-corrected chi connectivity index (χ4v) is 2.65. The van der Waals surface area contributed by atoms with Gasteiger partial charge in [0.2, 0.25) is 0 Å². The maximum Gasteiger partial charge on any atom is 0.142 e. The zero-order valence-electron chi connectivity index (χ0n) is 11.0. The second-order valence-corrected chi connectivity index (χ2v) is 5.16. The molecule has 0 spiro atoms. The zero-order chi connectivity index (χ0) is 12.8. The van der Waals surface area contributed by atoms with Gasteiger partial charge < -0.3 is 19.7 Å². The first kappa shape index (κ1) is 13.2. The minimum absolute atomic E-state index is 0.0404. The zero-order valence-corrected chi connectivity index (χ0v) is 11.0. The van der Waals surface area contributed by atoms with E-state index in [1.807, 2.05) is 29.2 Å². The summed E-state index contributed by atoms with van der Waals surface area (Å²) in [6.45, 7) is 1.39. The first-order valence-electron chi connectivity index (χ1n) is 6.72. The van der Waals surface area contributed by atoms with Gasteiger partial charge in [0.05, 0.1) is 12.8 Å². The van der Waals surface area contributed by atoms with Crippen LogP contribution < -0.4 is 0 Å². The van der Waals surface area contributed by atoms with Crippen LogP contribution in [0.5, 0.6) is 0 Å². The summed E-state index contributed by atoms with van der Waals surface area (Å²) in [4.78, 5) is 3.99. The molecule has 0 aromatic rings. The number of hydrogen-bond acceptors (Lipinski definition) is 5. The van der Waals surface area contributed by atoms with Crippen LogP contribution in [0, 0.1) is 5.92 Å². The van der Waals surface area contributed by atoms with Gasteiger partial charge in [-0.25, -0.2) is 0 Å². The van der Waals surface area contributed by atoms with E-state index in [1.54, 1.807) is 0 Å². The largest absolute Gasteiger partial charge is 0.411 e. The van der Waals surface area contributed by atoms with Crippen molar-refractivity contribution in [2.24, 2.45) is 11.1 Å². The van der Waals surface area contributed by atoms with Crippen molar-refractivity contribution in [1.29, 1.82) is 0 Å². The average molecular weight is 253 g/mol. The third kappa shape index (κ3) is 3.38. The molecule has 5 nitrogen and oxygen atoms in total. The van der Waals surface area contributed by atoms with Crippen LogP contribution >= 0.6 is 0 Å². The van der Waals surface area contributed by atoms with Crippen LogP contribution in [0.3, 0.4) is 0 Å². The molecular weight excluding hydrogens is 230 g/mol. The highest BCUT2D eigenvalue weighted by molar-refractivity contribution is 5.64. The van der Waals surface area contributed by atoms with Gasteiger partial charge in [0.1, 0.15) is 12.9 Å². The van der Waals surface area contributed by atoms with E-state index >= 15 is 0 Å². The smallest absolute Gasteiger partial charge is 0.142 e. The molecule has 0 bridgehead atoms. The van der Waals surface area contributed by atoms with Crippen molar-refractivity contribution in [3.8, 4) is 0 Å². The Morgan fingerprint density at radius 2 is 2.11 bits per heavy atom.